The SMILES string of the molecule is CCCCCCCC(F)(F)C(=NC)NO. The highest BCUT2D eigenvalue weighted by Crippen LogP contribution is 2.23. The second kappa shape index (κ2) is 7.56. The van der Waals surface area contributed by atoms with E-state index in [0.29, 0.717) is 6.42 Å². The van der Waals surface area contributed by atoms with E-state index < -0.39 is 11.8 Å². The summed E-state index contributed by atoms with van der Waals surface area (Å²) in [5.41, 5.74) is 1.44. The molecule has 0 amide bonds. The summed E-state index contributed by atoms with van der Waals surface area (Å²) in [6.45, 7) is 2.08. The maximum Gasteiger partial charge on any atom is 0.306 e. The van der Waals surface area contributed by atoms with Crippen molar-refractivity contribution in [1.29, 1.82) is 0 Å². The van der Waals surface area contributed by atoms with Crippen LogP contribution in [0.1, 0.15) is 45.4 Å². The molecule has 0 rings (SSSR count). The van der Waals surface area contributed by atoms with Gasteiger partial charge in [0.25, 0.3) is 0 Å². The van der Waals surface area contributed by atoms with Gasteiger partial charge in [0.05, 0.1) is 0 Å². The Labute approximate surface area is 89.5 Å². The molecule has 15 heavy (non-hydrogen) atoms. The second-order valence-corrected chi connectivity index (χ2v) is 3.55. The standard InChI is InChI=1S/C10H20F2N2O/c1-3-4-5-6-7-8-10(11,12)9(13-2)14-15/h15H,3-8H2,1-2H3,(H,13,14). The van der Waals surface area contributed by atoms with Crippen LogP contribution >= 0.6 is 0 Å². The van der Waals surface area contributed by atoms with Gasteiger partial charge in [-0.3, -0.25) is 15.7 Å². The van der Waals surface area contributed by atoms with E-state index in [1.54, 1.807) is 0 Å². The van der Waals surface area contributed by atoms with Gasteiger partial charge in [0.15, 0.2) is 5.84 Å². The summed E-state index contributed by atoms with van der Waals surface area (Å²) < 4.78 is 26.5. The summed E-state index contributed by atoms with van der Waals surface area (Å²) in [5.74, 6) is -3.70. The van der Waals surface area contributed by atoms with Crippen LogP contribution in [0.25, 0.3) is 0 Å². The lowest BCUT2D eigenvalue weighted by Crippen LogP contribution is -2.38. The van der Waals surface area contributed by atoms with E-state index in [1.807, 2.05) is 0 Å². The quantitative estimate of drug-likeness (QED) is 0.301. The van der Waals surface area contributed by atoms with Gasteiger partial charge in [0.1, 0.15) is 0 Å². The van der Waals surface area contributed by atoms with Crippen molar-refractivity contribution in [2.24, 2.45) is 4.99 Å². The fraction of sp³-hybridized carbons (Fsp3) is 0.900. The number of amidine groups is 1. The Morgan fingerprint density at radius 3 is 2.33 bits per heavy atom. The van der Waals surface area contributed by atoms with Crippen LogP contribution in [0.3, 0.4) is 0 Å². The third-order valence-corrected chi connectivity index (χ3v) is 2.27. The molecule has 0 radical (unpaired) electrons. The minimum atomic E-state index is -3.05. The third-order valence-electron chi connectivity index (χ3n) is 2.27. The molecule has 0 saturated heterocycles. The van der Waals surface area contributed by atoms with Gasteiger partial charge in [-0.1, -0.05) is 32.6 Å². The van der Waals surface area contributed by atoms with E-state index >= 15 is 0 Å². The number of hydrogen-bond donors (Lipinski definition) is 2. The van der Waals surface area contributed by atoms with Crippen LogP contribution in [0.15, 0.2) is 4.99 Å². The zero-order valence-corrected chi connectivity index (χ0v) is 9.39. The number of hydroxylamine groups is 1. The molecule has 0 unspecified atom stereocenters. The highest BCUT2D eigenvalue weighted by molar-refractivity contribution is 5.87. The van der Waals surface area contributed by atoms with E-state index in [9.17, 15) is 8.78 Å². The van der Waals surface area contributed by atoms with Crippen LogP contribution < -0.4 is 5.48 Å². The van der Waals surface area contributed by atoms with E-state index in [2.05, 4.69) is 11.9 Å². The van der Waals surface area contributed by atoms with Crippen molar-refractivity contribution in [2.75, 3.05) is 7.05 Å². The number of rotatable bonds is 7. The van der Waals surface area contributed by atoms with Crippen molar-refractivity contribution in [1.82, 2.24) is 5.48 Å². The van der Waals surface area contributed by atoms with Crippen LogP contribution in [-0.2, 0) is 0 Å². The Bertz CT molecular complexity index is 196. The predicted molar refractivity (Wildman–Crippen MR) is 56.6 cm³/mol. The van der Waals surface area contributed by atoms with Gasteiger partial charge in [0, 0.05) is 13.5 Å². The predicted octanol–water partition coefficient (Wildman–Crippen LogP) is 2.99. The minimum Gasteiger partial charge on any atom is -0.290 e. The number of nitrogens with one attached hydrogen (secondary N) is 1. The average Bonchev–Trinajstić information content (AvgIpc) is 2.18. The van der Waals surface area contributed by atoms with Crippen LogP contribution in [0.5, 0.6) is 0 Å². The molecule has 0 atom stereocenters. The molecule has 0 heterocycles. The monoisotopic (exact) mass is 222 g/mol. The van der Waals surface area contributed by atoms with Crippen LogP contribution in [-0.4, -0.2) is 24.0 Å². The third kappa shape index (κ3) is 5.67. The maximum absolute atomic E-state index is 13.2. The van der Waals surface area contributed by atoms with Crippen molar-refractivity contribution >= 4 is 5.84 Å². The molecule has 90 valence electrons. The molecule has 5 heteroatoms. The molecule has 0 aromatic rings. The van der Waals surface area contributed by atoms with Crippen molar-refractivity contribution in [2.45, 2.75) is 51.4 Å². The molecule has 0 aromatic carbocycles. The largest absolute Gasteiger partial charge is 0.306 e. The molecular weight excluding hydrogens is 202 g/mol. The molecule has 0 saturated carbocycles. The van der Waals surface area contributed by atoms with Crippen molar-refractivity contribution in [3.8, 4) is 0 Å². The number of alkyl halides is 2. The summed E-state index contributed by atoms with van der Waals surface area (Å²) in [4.78, 5) is 3.30. The first-order chi connectivity index (χ1) is 7.08. The zero-order valence-electron chi connectivity index (χ0n) is 9.39. The smallest absolute Gasteiger partial charge is 0.290 e. The first-order valence-corrected chi connectivity index (χ1v) is 5.33. The maximum atomic E-state index is 13.2. The van der Waals surface area contributed by atoms with Gasteiger partial charge < -0.3 is 0 Å². The lowest BCUT2D eigenvalue weighted by molar-refractivity contribution is 0.0483. The number of unbranched alkanes of at least 4 members (excludes halogenated alkanes) is 4. The van der Waals surface area contributed by atoms with E-state index in [0.717, 1.165) is 25.7 Å². The number of aliphatic imine (C=N–C) groups is 1. The fourth-order valence-corrected chi connectivity index (χ4v) is 1.36. The molecule has 2 N–H and O–H groups in total. The first kappa shape index (κ1) is 14.3. The number of nitrogens with zero attached hydrogens (tertiary/aromatic N) is 1. The summed E-state index contributed by atoms with van der Waals surface area (Å²) in [6.07, 6.45) is 4.14. The van der Waals surface area contributed by atoms with Gasteiger partial charge in [-0.05, 0) is 6.42 Å². The van der Waals surface area contributed by atoms with Crippen molar-refractivity contribution < 1.29 is 14.0 Å². The van der Waals surface area contributed by atoms with Gasteiger partial charge in [-0.2, -0.15) is 8.78 Å². The van der Waals surface area contributed by atoms with E-state index in [-0.39, 0.29) is 6.42 Å². The highest BCUT2D eigenvalue weighted by atomic mass is 19.3. The van der Waals surface area contributed by atoms with Crippen LogP contribution in [0.4, 0.5) is 8.78 Å². The van der Waals surface area contributed by atoms with E-state index in [4.69, 9.17) is 5.21 Å². The lowest BCUT2D eigenvalue weighted by Gasteiger charge is -2.16. The van der Waals surface area contributed by atoms with Crippen LogP contribution in [0, 0.1) is 0 Å². The van der Waals surface area contributed by atoms with Gasteiger partial charge >= 0.3 is 5.92 Å². The molecule has 0 fully saturated rings. The zero-order chi connectivity index (χ0) is 11.7. The normalized spacial score (nSPS) is 13.0. The van der Waals surface area contributed by atoms with Crippen molar-refractivity contribution in [3.05, 3.63) is 0 Å². The molecule has 0 bridgehead atoms. The summed E-state index contributed by atoms with van der Waals surface area (Å²) >= 11 is 0. The second-order valence-electron chi connectivity index (χ2n) is 3.55. The molecule has 3 nitrogen and oxygen atoms in total. The summed E-state index contributed by atoms with van der Waals surface area (Å²) in [5, 5.41) is 8.44. The minimum absolute atomic E-state index is 0.267. The average molecular weight is 222 g/mol. The highest BCUT2D eigenvalue weighted by Gasteiger charge is 2.34. The first-order valence-electron chi connectivity index (χ1n) is 5.33. The Balaban J connectivity index is 3.83. The van der Waals surface area contributed by atoms with E-state index in [1.165, 1.54) is 12.5 Å². The van der Waals surface area contributed by atoms with Gasteiger partial charge in [-0.25, -0.2) is 0 Å². The molecule has 0 aliphatic rings. The lowest BCUT2D eigenvalue weighted by atomic mass is 10.1. The number of hydrogen-bond acceptors (Lipinski definition) is 2. The molecule has 0 aromatic heterocycles. The van der Waals surface area contributed by atoms with Gasteiger partial charge in [-0.15, -0.1) is 0 Å². The summed E-state index contributed by atoms with van der Waals surface area (Å²) in [7, 11) is 1.23. The fourth-order valence-electron chi connectivity index (χ4n) is 1.36. The topological polar surface area (TPSA) is 44.6 Å². The molecule has 0 aliphatic carbocycles. The number of halogens is 2. The Morgan fingerprint density at radius 1 is 1.27 bits per heavy atom. The van der Waals surface area contributed by atoms with Gasteiger partial charge in [0.2, 0.25) is 0 Å². The van der Waals surface area contributed by atoms with Crippen LogP contribution in [0.2, 0.25) is 0 Å². The Morgan fingerprint density at radius 2 is 1.87 bits per heavy atom. The molecule has 0 aliphatic heterocycles. The Kier molecular flexibility index (Phi) is 7.21. The molecule has 0 spiro atoms. The Hall–Kier alpha value is -0.710. The summed E-state index contributed by atoms with van der Waals surface area (Å²) in [6, 6.07) is 0. The molecular formula is C10H20F2N2O. The van der Waals surface area contributed by atoms with Crippen molar-refractivity contribution in [3.63, 3.8) is 0 Å².